The molecule has 0 radical (unpaired) electrons. The van der Waals surface area contributed by atoms with Crippen LogP contribution in [-0.2, 0) is 6.42 Å². The summed E-state index contributed by atoms with van der Waals surface area (Å²) in [5.41, 5.74) is 1.45. The Balaban J connectivity index is 1.53. The molecule has 0 spiro atoms. The van der Waals surface area contributed by atoms with Crippen LogP contribution in [0.5, 0.6) is 0 Å². The van der Waals surface area contributed by atoms with Crippen molar-refractivity contribution in [1.29, 1.82) is 0 Å². The van der Waals surface area contributed by atoms with Gasteiger partial charge in [-0.2, -0.15) is 0 Å². The number of hydrogen-bond acceptors (Lipinski definition) is 1. The minimum absolute atomic E-state index is 0.556. The van der Waals surface area contributed by atoms with E-state index < -0.39 is 0 Å². The molecule has 31 heavy (non-hydrogen) atoms. The predicted molar refractivity (Wildman–Crippen MR) is 136 cm³/mol. The van der Waals surface area contributed by atoms with Crippen LogP contribution in [0.1, 0.15) is 122 Å². The van der Waals surface area contributed by atoms with E-state index in [1.54, 1.807) is 0 Å². The van der Waals surface area contributed by atoms with Crippen molar-refractivity contribution in [3.8, 4) is 0 Å². The first-order valence-corrected chi connectivity index (χ1v) is 13.3. The molecule has 0 N–H and O–H groups in total. The molecule has 2 aromatic rings. The first-order chi connectivity index (χ1) is 15.3. The molecule has 2 atom stereocenters. The SMILES string of the molecule is CCCCCCCCCCCCCCCCC(C(C)Cc1ccccc1)n1ccnc1. The minimum atomic E-state index is 0.556. The molecule has 1 heterocycles. The summed E-state index contributed by atoms with van der Waals surface area (Å²) in [6.45, 7) is 4.70. The second-order valence-electron chi connectivity index (χ2n) is 9.63. The molecule has 0 bridgehead atoms. The van der Waals surface area contributed by atoms with Crippen LogP contribution in [0.15, 0.2) is 49.1 Å². The first kappa shape index (κ1) is 25.7. The smallest absolute Gasteiger partial charge is 0.0948 e. The molecule has 0 amide bonds. The van der Waals surface area contributed by atoms with Crippen LogP contribution in [0.4, 0.5) is 0 Å². The van der Waals surface area contributed by atoms with Crippen LogP contribution >= 0.6 is 0 Å². The van der Waals surface area contributed by atoms with Crippen molar-refractivity contribution in [2.75, 3.05) is 0 Å². The second kappa shape index (κ2) is 17.0. The fourth-order valence-electron chi connectivity index (χ4n) is 4.86. The number of unbranched alkanes of at least 4 members (excludes halogenated alkanes) is 13. The lowest BCUT2D eigenvalue weighted by atomic mass is 9.90. The molecular weight excluding hydrogens is 376 g/mol. The van der Waals surface area contributed by atoms with Gasteiger partial charge in [-0.15, -0.1) is 0 Å². The molecule has 1 aromatic heterocycles. The number of aromatic nitrogens is 2. The van der Waals surface area contributed by atoms with Crippen LogP contribution < -0.4 is 0 Å². The third kappa shape index (κ3) is 11.6. The standard InChI is InChI=1S/C29H48N2/c1-3-4-5-6-7-8-9-10-11-12-13-14-15-19-22-29(31-24-23-30-26-31)27(2)25-28-20-17-16-18-21-28/h16-18,20-21,23-24,26-27,29H,3-15,19,22,25H2,1-2H3. The van der Waals surface area contributed by atoms with Crippen LogP contribution in [0.25, 0.3) is 0 Å². The zero-order chi connectivity index (χ0) is 22.0. The molecule has 0 aliphatic carbocycles. The molecule has 0 aliphatic rings. The van der Waals surface area contributed by atoms with Crippen molar-refractivity contribution >= 4 is 0 Å². The first-order valence-electron chi connectivity index (χ1n) is 13.3. The Morgan fingerprint density at radius 3 is 1.81 bits per heavy atom. The van der Waals surface area contributed by atoms with E-state index in [4.69, 9.17) is 0 Å². The summed E-state index contributed by atoms with van der Waals surface area (Å²) in [5, 5.41) is 0. The van der Waals surface area contributed by atoms with Crippen molar-refractivity contribution < 1.29 is 0 Å². The van der Waals surface area contributed by atoms with Crippen molar-refractivity contribution in [3.63, 3.8) is 0 Å². The van der Waals surface area contributed by atoms with E-state index in [0.717, 1.165) is 6.42 Å². The quantitative estimate of drug-likeness (QED) is 0.205. The molecule has 174 valence electrons. The fraction of sp³-hybridized carbons (Fsp3) is 0.690. The highest BCUT2D eigenvalue weighted by atomic mass is 15.1. The van der Waals surface area contributed by atoms with Gasteiger partial charge < -0.3 is 4.57 Å². The van der Waals surface area contributed by atoms with Gasteiger partial charge in [0.25, 0.3) is 0 Å². The molecule has 2 rings (SSSR count). The summed E-state index contributed by atoms with van der Waals surface area (Å²) in [6, 6.07) is 11.5. The maximum absolute atomic E-state index is 4.31. The molecule has 1 aromatic carbocycles. The average molecular weight is 425 g/mol. The zero-order valence-corrected chi connectivity index (χ0v) is 20.5. The van der Waals surface area contributed by atoms with Gasteiger partial charge in [0.05, 0.1) is 6.33 Å². The van der Waals surface area contributed by atoms with E-state index in [9.17, 15) is 0 Å². The molecular formula is C29H48N2. The lowest BCUT2D eigenvalue weighted by molar-refractivity contribution is 0.318. The summed E-state index contributed by atoms with van der Waals surface area (Å²) in [7, 11) is 0. The van der Waals surface area contributed by atoms with Gasteiger partial charge in [-0.3, -0.25) is 0 Å². The molecule has 0 saturated carbocycles. The lowest BCUT2D eigenvalue weighted by Gasteiger charge is -2.25. The highest BCUT2D eigenvalue weighted by Crippen LogP contribution is 2.28. The molecule has 0 aliphatic heterocycles. The maximum Gasteiger partial charge on any atom is 0.0948 e. The Kier molecular flexibility index (Phi) is 14.1. The number of hydrogen-bond donors (Lipinski definition) is 0. The highest BCUT2D eigenvalue weighted by Gasteiger charge is 2.18. The largest absolute Gasteiger partial charge is 0.334 e. The molecule has 0 saturated heterocycles. The normalized spacial score (nSPS) is 13.4. The Hall–Kier alpha value is -1.57. The third-order valence-electron chi connectivity index (χ3n) is 6.82. The Labute approximate surface area is 192 Å². The van der Waals surface area contributed by atoms with E-state index in [1.807, 2.05) is 12.5 Å². The lowest BCUT2D eigenvalue weighted by Crippen LogP contribution is -2.18. The minimum Gasteiger partial charge on any atom is -0.334 e. The molecule has 0 fully saturated rings. The van der Waals surface area contributed by atoms with Crippen LogP contribution in [-0.4, -0.2) is 9.55 Å². The van der Waals surface area contributed by atoms with Gasteiger partial charge in [0, 0.05) is 18.4 Å². The van der Waals surface area contributed by atoms with Gasteiger partial charge in [-0.25, -0.2) is 4.98 Å². The zero-order valence-electron chi connectivity index (χ0n) is 20.5. The topological polar surface area (TPSA) is 17.8 Å². The number of rotatable bonds is 19. The Morgan fingerprint density at radius 2 is 1.29 bits per heavy atom. The van der Waals surface area contributed by atoms with E-state index >= 15 is 0 Å². The molecule has 2 nitrogen and oxygen atoms in total. The van der Waals surface area contributed by atoms with Crippen LogP contribution in [0.2, 0.25) is 0 Å². The number of benzene rings is 1. The third-order valence-corrected chi connectivity index (χ3v) is 6.82. The van der Waals surface area contributed by atoms with Crippen molar-refractivity contribution in [2.45, 2.75) is 123 Å². The monoisotopic (exact) mass is 424 g/mol. The molecule has 2 unspecified atom stereocenters. The molecule has 2 heteroatoms. The fourth-order valence-corrected chi connectivity index (χ4v) is 4.86. The van der Waals surface area contributed by atoms with Crippen molar-refractivity contribution in [2.24, 2.45) is 5.92 Å². The van der Waals surface area contributed by atoms with Gasteiger partial charge in [0.2, 0.25) is 0 Å². The van der Waals surface area contributed by atoms with E-state index in [0.29, 0.717) is 12.0 Å². The number of nitrogens with zero attached hydrogens (tertiary/aromatic N) is 2. The average Bonchev–Trinajstić information content (AvgIpc) is 3.31. The van der Waals surface area contributed by atoms with Gasteiger partial charge in [0.15, 0.2) is 0 Å². The van der Waals surface area contributed by atoms with E-state index in [-0.39, 0.29) is 0 Å². The summed E-state index contributed by atoms with van der Waals surface area (Å²) < 4.78 is 2.34. The van der Waals surface area contributed by atoms with Gasteiger partial charge in [0.1, 0.15) is 0 Å². The summed E-state index contributed by atoms with van der Waals surface area (Å²) in [4.78, 5) is 4.31. The van der Waals surface area contributed by atoms with Gasteiger partial charge in [-0.05, 0) is 24.3 Å². The summed E-state index contributed by atoms with van der Waals surface area (Å²) in [6.07, 6.45) is 28.4. The summed E-state index contributed by atoms with van der Waals surface area (Å²) in [5.74, 6) is 0.624. The summed E-state index contributed by atoms with van der Waals surface area (Å²) >= 11 is 0. The second-order valence-corrected chi connectivity index (χ2v) is 9.63. The predicted octanol–water partition coefficient (Wildman–Crippen LogP) is 9.17. The van der Waals surface area contributed by atoms with E-state index in [2.05, 4.69) is 59.9 Å². The van der Waals surface area contributed by atoms with Crippen molar-refractivity contribution in [1.82, 2.24) is 9.55 Å². The van der Waals surface area contributed by atoms with Crippen LogP contribution in [0.3, 0.4) is 0 Å². The Bertz CT molecular complexity index is 619. The van der Waals surface area contributed by atoms with Gasteiger partial charge in [-0.1, -0.05) is 134 Å². The Morgan fingerprint density at radius 1 is 0.742 bits per heavy atom. The van der Waals surface area contributed by atoms with Crippen molar-refractivity contribution in [3.05, 3.63) is 54.6 Å². The highest BCUT2D eigenvalue weighted by molar-refractivity contribution is 5.15. The van der Waals surface area contributed by atoms with Crippen LogP contribution in [0, 0.1) is 5.92 Å². The maximum atomic E-state index is 4.31. The van der Waals surface area contributed by atoms with Gasteiger partial charge >= 0.3 is 0 Å². The van der Waals surface area contributed by atoms with E-state index in [1.165, 1.54) is 102 Å². The number of imidazole rings is 1.